The van der Waals surface area contributed by atoms with E-state index in [0.717, 1.165) is 21.5 Å². The minimum Gasteiger partial charge on any atom is -0.462 e. The maximum absolute atomic E-state index is 12.0. The molecular weight excluding hydrogens is 248 g/mol. The van der Waals surface area contributed by atoms with Gasteiger partial charge in [0, 0.05) is 25.7 Å². The van der Waals surface area contributed by atoms with Crippen LogP contribution in [0.2, 0.25) is 0 Å². The normalized spacial score (nSPS) is 10.7. The van der Waals surface area contributed by atoms with E-state index in [2.05, 4.69) is 4.98 Å². The van der Waals surface area contributed by atoms with Crippen LogP contribution in [0.1, 0.15) is 22.3 Å². The second kappa shape index (κ2) is 4.94. The molecule has 0 aliphatic heterocycles. The summed E-state index contributed by atoms with van der Waals surface area (Å²) in [6.07, 6.45) is 1.77. The van der Waals surface area contributed by atoms with Crippen LogP contribution in [-0.4, -0.2) is 31.7 Å². The molecule has 2 aromatic heterocycles. The zero-order chi connectivity index (χ0) is 13.3. The van der Waals surface area contributed by atoms with Crippen LogP contribution in [0.15, 0.2) is 12.3 Å². The summed E-state index contributed by atoms with van der Waals surface area (Å²) in [5.41, 5.74) is 1.86. The number of hydrogen-bond acceptors (Lipinski definition) is 5. The highest BCUT2D eigenvalue weighted by Gasteiger charge is 2.21. The Morgan fingerprint density at radius 3 is 2.83 bits per heavy atom. The average molecular weight is 264 g/mol. The van der Waals surface area contributed by atoms with Crippen molar-refractivity contribution in [2.24, 2.45) is 0 Å². The molecule has 0 aliphatic carbocycles. The summed E-state index contributed by atoms with van der Waals surface area (Å²) in [6, 6.07) is 1.94. The molecule has 2 heterocycles. The molecule has 0 unspecified atom stereocenters. The first kappa shape index (κ1) is 12.8. The van der Waals surface area contributed by atoms with Crippen LogP contribution >= 0.6 is 11.3 Å². The van der Waals surface area contributed by atoms with Crippen molar-refractivity contribution >= 4 is 33.1 Å². The van der Waals surface area contributed by atoms with Crippen LogP contribution in [0.5, 0.6) is 0 Å². The van der Waals surface area contributed by atoms with E-state index in [1.165, 1.54) is 11.3 Å². The molecule has 0 amide bonds. The van der Waals surface area contributed by atoms with Gasteiger partial charge in [0.25, 0.3) is 0 Å². The summed E-state index contributed by atoms with van der Waals surface area (Å²) < 4.78 is 6.16. The van der Waals surface area contributed by atoms with Gasteiger partial charge in [-0.2, -0.15) is 0 Å². The standard InChI is InChI=1S/C13H16N2O2S/c1-5-17-13(16)12-10(15(3)4)9-6-7-14-8(2)11(9)18-12/h6-7H,5H2,1-4H3. The summed E-state index contributed by atoms with van der Waals surface area (Å²) in [6.45, 7) is 4.15. The van der Waals surface area contributed by atoms with Gasteiger partial charge in [0.05, 0.1) is 22.7 Å². The summed E-state index contributed by atoms with van der Waals surface area (Å²) in [5.74, 6) is -0.262. The summed E-state index contributed by atoms with van der Waals surface area (Å²) in [7, 11) is 3.86. The molecule has 0 saturated heterocycles. The Bertz CT molecular complexity index is 590. The smallest absolute Gasteiger partial charge is 0.350 e. The highest BCUT2D eigenvalue weighted by molar-refractivity contribution is 7.21. The minimum absolute atomic E-state index is 0.262. The van der Waals surface area contributed by atoms with Crippen molar-refractivity contribution in [3.63, 3.8) is 0 Å². The third-order valence-electron chi connectivity index (χ3n) is 2.66. The minimum atomic E-state index is -0.262. The van der Waals surface area contributed by atoms with E-state index in [1.54, 1.807) is 6.20 Å². The van der Waals surface area contributed by atoms with Crippen molar-refractivity contribution in [1.82, 2.24) is 4.98 Å². The number of hydrogen-bond donors (Lipinski definition) is 0. The van der Waals surface area contributed by atoms with Gasteiger partial charge in [-0.1, -0.05) is 0 Å². The number of carbonyl (C=O) groups is 1. The third kappa shape index (κ3) is 2.06. The van der Waals surface area contributed by atoms with Crippen molar-refractivity contribution in [3.8, 4) is 0 Å². The molecule has 0 N–H and O–H groups in total. The molecule has 0 bridgehead atoms. The number of aryl methyl sites for hydroxylation is 1. The molecular formula is C13H16N2O2S. The molecule has 0 saturated carbocycles. The van der Waals surface area contributed by atoms with Crippen molar-refractivity contribution < 1.29 is 9.53 Å². The molecule has 4 nitrogen and oxygen atoms in total. The van der Waals surface area contributed by atoms with E-state index in [-0.39, 0.29) is 5.97 Å². The lowest BCUT2D eigenvalue weighted by Gasteiger charge is -2.13. The topological polar surface area (TPSA) is 42.4 Å². The highest BCUT2D eigenvalue weighted by atomic mass is 32.1. The maximum Gasteiger partial charge on any atom is 0.350 e. The number of aromatic nitrogens is 1. The fourth-order valence-electron chi connectivity index (χ4n) is 1.92. The number of anilines is 1. The summed E-state index contributed by atoms with van der Waals surface area (Å²) in [4.78, 5) is 18.9. The maximum atomic E-state index is 12.0. The van der Waals surface area contributed by atoms with Crippen LogP contribution in [0.4, 0.5) is 5.69 Å². The first-order valence-electron chi connectivity index (χ1n) is 5.78. The largest absolute Gasteiger partial charge is 0.462 e. The van der Waals surface area contributed by atoms with Gasteiger partial charge in [-0.05, 0) is 19.9 Å². The monoisotopic (exact) mass is 264 g/mol. The lowest BCUT2D eigenvalue weighted by molar-refractivity contribution is 0.0533. The number of nitrogens with zero attached hydrogens (tertiary/aromatic N) is 2. The van der Waals surface area contributed by atoms with Gasteiger partial charge in [0.15, 0.2) is 0 Å². The van der Waals surface area contributed by atoms with Gasteiger partial charge in [-0.25, -0.2) is 4.79 Å². The molecule has 5 heteroatoms. The Hall–Kier alpha value is -1.62. The number of pyridine rings is 1. The number of fused-ring (bicyclic) bond motifs is 1. The molecule has 96 valence electrons. The first-order valence-corrected chi connectivity index (χ1v) is 6.60. The lowest BCUT2D eigenvalue weighted by Crippen LogP contribution is -2.13. The summed E-state index contributed by atoms with van der Waals surface area (Å²) >= 11 is 1.45. The quantitative estimate of drug-likeness (QED) is 0.799. The second-order valence-electron chi connectivity index (χ2n) is 4.17. The van der Waals surface area contributed by atoms with Crippen LogP contribution in [-0.2, 0) is 4.74 Å². The van der Waals surface area contributed by atoms with Crippen LogP contribution in [0.25, 0.3) is 10.1 Å². The Kier molecular flexibility index (Phi) is 3.52. The van der Waals surface area contributed by atoms with Crippen LogP contribution in [0, 0.1) is 6.92 Å². The van der Waals surface area contributed by atoms with E-state index in [1.807, 2.05) is 38.9 Å². The van der Waals surface area contributed by atoms with E-state index >= 15 is 0 Å². The molecule has 0 spiro atoms. The van der Waals surface area contributed by atoms with E-state index in [0.29, 0.717) is 11.5 Å². The number of thiophene rings is 1. The van der Waals surface area contributed by atoms with Crippen LogP contribution in [0.3, 0.4) is 0 Å². The average Bonchev–Trinajstić information content (AvgIpc) is 2.70. The molecule has 0 radical (unpaired) electrons. The Morgan fingerprint density at radius 2 is 2.22 bits per heavy atom. The van der Waals surface area contributed by atoms with Gasteiger partial charge in [0.2, 0.25) is 0 Å². The van der Waals surface area contributed by atoms with Gasteiger partial charge in [-0.3, -0.25) is 4.98 Å². The molecule has 2 rings (SSSR count). The molecule has 0 fully saturated rings. The Labute approximate surface area is 110 Å². The van der Waals surface area contributed by atoms with Gasteiger partial charge < -0.3 is 9.64 Å². The molecule has 2 aromatic rings. The Morgan fingerprint density at radius 1 is 1.50 bits per heavy atom. The number of esters is 1. The third-order valence-corrected chi connectivity index (χ3v) is 3.95. The zero-order valence-electron chi connectivity index (χ0n) is 11.0. The zero-order valence-corrected chi connectivity index (χ0v) is 11.8. The van der Waals surface area contributed by atoms with Gasteiger partial charge in [0.1, 0.15) is 4.88 Å². The van der Waals surface area contributed by atoms with Gasteiger partial charge in [-0.15, -0.1) is 11.3 Å². The molecule has 0 aromatic carbocycles. The number of rotatable bonds is 3. The summed E-state index contributed by atoms with van der Waals surface area (Å²) in [5, 5.41) is 1.06. The van der Waals surface area contributed by atoms with Crippen molar-refractivity contribution in [2.75, 3.05) is 25.6 Å². The first-order chi connectivity index (χ1) is 8.56. The lowest BCUT2D eigenvalue weighted by atomic mass is 10.2. The molecule has 0 aliphatic rings. The predicted octanol–water partition coefficient (Wildman–Crippen LogP) is 2.85. The van der Waals surface area contributed by atoms with E-state index < -0.39 is 0 Å². The molecule has 18 heavy (non-hydrogen) atoms. The van der Waals surface area contributed by atoms with Gasteiger partial charge >= 0.3 is 5.97 Å². The van der Waals surface area contributed by atoms with Crippen molar-refractivity contribution in [1.29, 1.82) is 0 Å². The van der Waals surface area contributed by atoms with E-state index in [4.69, 9.17) is 4.74 Å². The number of ether oxygens (including phenoxy) is 1. The fraction of sp³-hybridized carbons (Fsp3) is 0.385. The number of carbonyl (C=O) groups excluding carboxylic acids is 1. The molecule has 0 atom stereocenters. The predicted molar refractivity (Wildman–Crippen MR) is 74.6 cm³/mol. The SMILES string of the molecule is CCOC(=O)c1sc2c(C)nccc2c1N(C)C. The van der Waals surface area contributed by atoms with Crippen molar-refractivity contribution in [3.05, 3.63) is 22.8 Å². The van der Waals surface area contributed by atoms with E-state index in [9.17, 15) is 4.79 Å². The van der Waals surface area contributed by atoms with Crippen molar-refractivity contribution in [2.45, 2.75) is 13.8 Å². The van der Waals surface area contributed by atoms with Crippen LogP contribution < -0.4 is 4.90 Å². The second-order valence-corrected chi connectivity index (χ2v) is 5.19. The Balaban J connectivity index is 2.69. The fourth-order valence-corrected chi connectivity index (χ4v) is 3.13. The highest BCUT2D eigenvalue weighted by Crippen LogP contribution is 2.38.